The van der Waals surface area contributed by atoms with Crippen LogP contribution in [-0.2, 0) is 0 Å². The topological polar surface area (TPSA) is 63.1 Å². The highest BCUT2D eigenvalue weighted by atomic mass is 16.2. The number of amides is 1. The number of benzene rings is 1. The lowest BCUT2D eigenvalue weighted by molar-refractivity contribution is 0.0691. The van der Waals surface area contributed by atoms with Crippen molar-refractivity contribution in [3.8, 4) is 5.69 Å². The number of hydrogen-bond donors (Lipinski definition) is 1. The van der Waals surface area contributed by atoms with Crippen LogP contribution in [0.4, 0.5) is 0 Å². The summed E-state index contributed by atoms with van der Waals surface area (Å²) in [5, 5.41) is 7.48. The van der Waals surface area contributed by atoms with Gasteiger partial charge in [0, 0.05) is 24.7 Å². The molecule has 6 heteroatoms. The molecule has 1 aliphatic heterocycles. The quantitative estimate of drug-likeness (QED) is 0.914. The first kappa shape index (κ1) is 15.7. The molecule has 1 unspecified atom stereocenters. The molecule has 0 aliphatic carbocycles. The Balaban J connectivity index is 1.85. The molecule has 1 aromatic carbocycles. The summed E-state index contributed by atoms with van der Waals surface area (Å²) in [4.78, 5) is 19.0. The number of nitrogens with zero attached hydrogens (tertiary/aromatic N) is 4. The minimum atomic E-state index is 0.128. The van der Waals surface area contributed by atoms with Gasteiger partial charge in [0.15, 0.2) is 0 Å². The Hall–Kier alpha value is -2.21. The molecule has 23 heavy (non-hydrogen) atoms. The van der Waals surface area contributed by atoms with Gasteiger partial charge in [-0.05, 0) is 50.1 Å². The second-order valence-electron chi connectivity index (χ2n) is 5.98. The van der Waals surface area contributed by atoms with Crippen molar-refractivity contribution in [2.75, 3.05) is 19.6 Å². The van der Waals surface area contributed by atoms with Crippen molar-refractivity contribution >= 4 is 5.91 Å². The van der Waals surface area contributed by atoms with Gasteiger partial charge in [-0.3, -0.25) is 4.79 Å². The van der Waals surface area contributed by atoms with Gasteiger partial charge in [0.05, 0.1) is 5.69 Å². The van der Waals surface area contributed by atoms with E-state index >= 15 is 0 Å². The van der Waals surface area contributed by atoms with E-state index in [4.69, 9.17) is 0 Å². The van der Waals surface area contributed by atoms with Crippen molar-refractivity contribution in [2.24, 2.45) is 0 Å². The fourth-order valence-electron chi connectivity index (χ4n) is 3.12. The SMILES string of the molecule is CCCN(C(=O)c1ccc(-n2cncn2)cc1C)C1CCNC1. The maximum Gasteiger partial charge on any atom is 0.254 e. The Bertz CT molecular complexity index is 662. The van der Waals surface area contributed by atoms with Gasteiger partial charge in [-0.2, -0.15) is 5.10 Å². The van der Waals surface area contributed by atoms with Crippen molar-refractivity contribution in [1.29, 1.82) is 0 Å². The van der Waals surface area contributed by atoms with E-state index in [1.165, 1.54) is 6.33 Å². The normalized spacial score (nSPS) is 17.4. The lowest BCUT2D eigenvalue weighted by Gasteiger charge is -2.29. The third-order valence-electron chi connectivity index (χ3n) is 4.32. The van der Waals surface area contributed by atoms with Crippen LogP contribution in [0.25, 0.3) is 5.69 Å². The second kappa shape index (κ2) is 6.91. The van der Waals surface area contributed by atoms with Crippen molar-refractivity contribution in [1.82, 2.24) is 25.0 Å². The van der Waals surface area contributed by atoms with Gasteiger partial charge in [0.2, 0.25) is 0 Å². The first-order chi connectivity index (χ1) is 11.2. The minimum absolute atomic E-state index is 0.128. The first-order valence-corrected chi connectivity index (χ1v) is 8.18. The summed E-state index contributed by atoms with van der Waals surface area (Å²) in [6.07, 6.45) is 5.16. The first-order valence-electron chi connectivity index (χ1n) is 8.18. The molecule has 1 atom stereocenters. The van der Waals surface area contributed by atoms with E-state index in [2.05, 4.69) is 22.3 Å². The van der Waals surface area contributed by atoms with E-state index in [0.29, 0.717) is 6.04 Å². The number of aryl methyl sites for hydroxylation is 1. The largest absolute Gasteiger partial charge is 0.334 e. The van der Waals surface area contributed by atoms with Crippen molar-refractivity contribution in [3.05, 3.63) is 42.0 Å². The average molecular weight is 313 g/mol. The summed E-state index contributed by atoms with van der Waals surface area (Å²) < 4.78 is 1.70. The van der Waals surface area contributed by atoms with Crippen molar-refractivity contribution in [2.45, 2.75) is 32.7 Å². The second-order valence-corrected chi connectivity index (χ2v) is 5.98. The zero-order chi connectivity index (χ0) is 16.2. The molecule has 1 amide bonds. The van der Waals surface area contributed by atoms with E-state index < -0.39 is 0 Å². The van der Waals surface area contributed by atoms with Crippen LogP contribution < -0.4 is 5.32 Å². The number of rotatable bonds is 5. The maximum atomic E-state index is 13.0. The van der Waals surface area contributed by atoms with E-state index in [1.54, 1.807) is 11.0 Å². The highest BCUT2D eigenvalue weighted by molar-refractivity contribution is 5.96. The fourth-order valence-corrected chi connectivity index (χ4v) is 3.12. The molecular weight excluding hydrogens is 290 g/mol. The van der Waals surface area contributed by atoms with Crippen molar-refractivity contribution < 1.29 is 4.79 Å². The molecule has 0 radical (unpaired) electrons. The predicted octanol–water partition coefficient (Wildman–Crippen LogP) is 1.79. The number of hydrogen-bond acceptors (Lipinski definition) is 4. The molecular formula is C17H23N5O. The summed E-state index contributed by atoms with van der Waals surface area (Å²) in [5.74, 6) is 0.128. The number of carbonyl (C=O) groups excluding carboxylic acids is 1. The Labute approximate surface area is 136 Å². The maximum absolute atomic E-state index is 13.0. The van der Waals surface area contributed by atoms with Gasteiger partial charge in [-0.25, -0.2) is 9.67 Å². The zero-order valence-corrected chi connectivity index (χ0v) is 13.7. The van der Waals surface area contributed by atoms with Gasteiger partial charge >= 0.3 is 0 Å². The summed E-state index contributed by atoms with van der Waals surface area (Å²) >= 11 is 0. The molecule has 122 valence electrons. The summed E-state index contributed by atoms with van der Waals surface area (Å²) in [7, 11) is 0. The molecule has 0 bridgehead atoms. The number of nitrogens with one attached hydrogen (secondary N) is 1. The standard InChI is InChI=1S/C17H23N5O/c1-3-8-21(15-6-7-18-10-15)17(23)16-5-4-14(9-13(16)2)22-12-19-11-20-22/h4-5,9,11-12,15,18H,3,6-8,10H2,1-2H3. The van der Waals surface area contributed by atoms with E-state index in [9.17, 15) is 4.79 Å². The van der Waals surface area contributed by atoms with Crippen LogP contribution in [0.5, 0.6) is 0 Å². The van der Waals surface area contributed by atoms with Crippen LogP contribution in [0.1, 0.15) is 35.7 Å². The molecule has 2 aromatic rings. The summed E-state index contributed by atoms with van der Waals surface area (Å²) in [5.41, 5.74) is 2.66. The average Bonchev–Trinajstić information content (AvgIpc) is 3.25. The molecule has 1 aromatic heterocycles. The Morgan fingerprint density at radius 1 is 1.48 bits per heavy atom. The molecule has 0 saturated carbocycles. The lowest BCUT2D eigenvalue weighted by atomic mass is 10.0. The minimum Gasteiger partial charge on any atom is -0.334 e. The third kappa shape index (κ3) is 3.27. The smallest absolute Gasteiger partial charge is 0.254 e. The Morgan fingerprint density at radius 3 is 2.96 bits per heavy atom. The molecule has 1 fully saturated rings. The Kier molecular flexibility index (Phi) is 4.71. The van der Waals surface area contributed by atoms with Crippen LogP contribution >= 0.6 is 0 Å². The van der Waals surface area contributed by atoms with Gasteiger partial charge in [0.25, 0.3) is 5.91 Å². The molecule has 1 saturated heterocycles. The molecule has 0 spiro atoms. The van der Waals surface area contributed by atoms with Gasteiger partial charge < -0.3 is 10.2 Å². The zero-order valence-electron chi connectivity index (χ0n) is 13.7. The molecule has 6 nitrogen and oxygen atoms in total. The van der Waals surface area contributed by atoms with E-state index in [0.717, 1.165) is 49.3 Å². The van der Waals surface area contributed by atoms with Crippen LogP contribution in [-0.4, -0.2) is 51.2 Å². The van der Waals surface area contributed by atoms with Crippen LogP contribution in [0.3, 0.4) is 0 Å². The van der Waals surface area contributed by atoms with E-state index in [1.807, 2.05) is 30.0 Å². The molecule has 1 N–H and O–H groups in total. The molecule has 1 aliphatic rings. The third-order valence-corrected chi connectivity index (χ3v) is 4.32. The fraction of sp³-hybridized carbons (Fsp3) is 0.471. The number of aromatic nitrogens is 3. The predicted molar refractivity (Wildman–Crippen MR) is 88.7 cm³/mol. The van der Waals surface area contributed by atoms with Crippen LogP contribution in [0.2, 0.25) is 0 Å². The van der Waals surface area contributed by atoms with Gasteiger partial charge in [-0.1, -0.05) is 6.92 Å². The molecule has 2 heterocycles. The molecule has 3 rings (SSSR count). The highest BCUT2D eigenvalue weighted by Gasteiger charge is 2.27. The lowest BCUT2D eigenvalue weighted by Crippen LogP contribution is -2.42. The van der Waals surface area contributed by atoms with Crippen LogP contribution in [0.15, 0.2) is 30.9 Å². The summed E-state index contributed by atoms with van der Waals surface area (Å²) in [6.45, 7) is 6.77. The monoisotopic (exact) mass is 313 g/mol. The van der Waals surface area contributed by atoms with Gasteiger partial charge in [0.1, 0.15) is 12.7 Å². The number of carbonyl (C=O) groups is 1. The Morgan fingerprint density at radius 2 is 2.35 bits per heavy atom. The van der Waals surface area contributed by atoms with E-state index in [-0.39, 0.29) is 5.91 Å². The van der Waals surface area contributed by atoms with Crippen molar-refractivity contribution in [3.63, 3.8) is 0 Å². The summed E-state index contributed by atoms with van der Waals surface area (Å²) in [6, 6.07) is 6.11. The van der Waals surface area contributed by atoms with Crippen LogP contribution in [0, 0.1) is 6.92 Å². The van der Waals surface area contributed by atoms with Gasteiger partial charge in [-0.15, -0.1) is 0 Å². The highest BCUT2D eigenvalue weighted by Crippen LogP contribution is 2.19.